The molecular formula is C16H22FNO2. The van der Waals surface area contributed by atoms with Crippen LogP contribution in [0.3, 0.4) is 0 Å². The minimum atomic E-state index is -0.597. The molecule has 1 aliphatic rings. The van der Waals surface area contributed by atoms with Crippen molar-refractivity contribution in [2.45, 2.75) is 39.2 Å². The van der Waals surface area contributed by atoms with Crippen LogP contribution in [-0.4, -0.2) is 30.0 Å². The highest BCUT2D eigenvalue weighted by Crippen LogP contribution is 2.21. The minimum absolute atomic E-state index is 0.0253. The fraction of sp³-hybridized carbons (Fsp3) is 0.562. The van der Waals surface area contributed by atoms with E-state index in [-0.39, 0.29) is 11.7 Å². The number of hydrogen-bond donors (Lipinski definition) is 0. The lowest BCUT2D eigenvalue weighted by atomic mass is 9.99. The summed E-state index contributed by atoms with van der Waals surface area (Å²) < 4.78 is 19.2. The van der Waals surface area contributed by atoms with Gasteiger partial charge < -0.3 is 9.64 Å². The average molecular weight is 279 g/mol. The number of amides is 1. The Kier molecular flexibility index (Phi) is 4.99. The van der Waals surface area contributed by atoms with E-state index in [0.717, 1.165) is 25.9 Å². The lowest BCUT2D eigenvalue weighted by Crippen LogP contribution is -2.45. The molecule has 20 heavy (non-hydrogen) atoms. The smallest absolute Gasteiger partial charge is 0.263 e. The van der Waals surface area contributed by atoms with Gasteiger partial charge in [0.15, 0.2) is 17.7 Å². The van der Waals surface area contributed by atoms with Gasteiger partial charge in [-0.2, -0.15) is 0 Å². The van der Waals surface area contributed by atoms with Crippen LogP contribution in [0.2, 0.25) is 0 Å². The van der Waals surface area contributed by atoms with Gasteiger partial charge in [-0.05, 0) is 37.3 Å². The molecule has 1 fully saturated rings. The van der Waals surface area contributed by atoms with Gasteiger partial charge in [-0.25, -0.2) is 4.39 Å². The molecule has 1 saturated heterocycles. The summed E-state index contributed by atoms with van der Waals surface area (Å²) in [7, 11) is 0. The Bertz CT molecular complexity index is 456. The van der Waals surface area contributed by atoms with Gasteiger partial charge in [0.1, 0.15) is 0 Å². The number of hydrogen-bond acceptors (Lipinski definition) is 2. The van der Waals surface area contributed by atoms with Crippen molar-refractivity contribution in [3.8, 4) is 5.75 Å². The maximum absolute atomic E-state index is 13.6. The molecule has 1 atom stereocenters. The third kappa shape index (κ3) is 3.50. The van der Waals surface area contributed by atoms with Crippen LogP contribution in [0.5, 0.6) is 5.75 Å². The lowest BCUT2D eigenvalue weighted by Gasteiger charge is -2.32. The zero-order valence-electron chi connectivity index (χ0n) is 12.1. The molecule has 110 valence electrons. The van der Waals surface area contributed by atoms with Crippen molar-refractivity contribution in [3.63, 3.8) is 0 Å². The molecular weight excluding hydrogens is 257 g/mol. The van der Waals surface area contributed by atoms with Crippen LogP contribution in [0.15, 0.2) is 24.3 Å². The van der Waals surface area contributed by atoms with E-state index in [4.69, 9.17) is 4.74 Å². The lowest BCUT2D eigenvalue weighted by molar-refractivity contribution is -0.140. The summed E-state index contributed by atoms with van der Waals surface area (Å²) in [6.07, 6.45) is 2.00. The number of carbonyl (C=O) groups excluding carboxylic acids is 1. The van der Waals surface area contributed by atoms with Crippen LogP contribution in [-0.2, 0) is 4.79 Å². The van der Waals surface area contributed by atoms with Crippen molar-refractivity contribution in [3.05, 3.63) is 30.1 Å². The number of ether oxygens (including phenoxy) is 1. The second kappa shape index (κ2) is 6.73. The summed E-state index contributed by atoms with van der Waals surface area (Å²) in [5, 5.41) is 0. The summed E-state index contributed by atoms with van der Waals surface area (Å²) in [6, 6.07) is 6.22. The highest BCUT2D eigenvalue weighted by Gasteiger charge is 2.27. The van der Waals surface area contributed by atoms with Crippen LogP contribution >= 0.6 is 0 Å². The van der Waals surface area contributed by atoms with Gasteiger partial charge in [-0.15, -0.1) is 0 Å². The first-order valence-electron chi connectivity index (χ1n) is 7.31. The van der Waals surface area contributed by atoms with E-state index in [1.54, 1.807) is 18.2 Å². The third-order valence-electron chi connectivity index (χ3n) is 3.85. The third-order valence-corrected chi connectivity index (χ3v) is 3.85. The molecule has 1 heterocycles. The zero-order valence-corrected chi connectivity index (χ0v) is 12.1. The molecule has 4 heteroatoms. The van der Waals surface area contributed by atoms with E-state index in [9.17, 15) is 9.18 Å². The number of halogens is 1. The Morgan fingerprint density at radius 1 is 1.40 bits per heavy atom. The number of para-hydroxylation sites is 1. The summed E-state index contributed by atoms with van der Waals surface area (Å²) in [5.74, 6) is 0.373. The van der Waals surface area contributed by atoms with Gasteiger partial charge in [0, 0.05) is 13.1 Å². The fourth-order valence-electron chi connectivity index (χ4n) is 2.43. The van der Waals surface area contributed by atoms with Gasteiger partial charge >= 0.3 is 0 Å². The molecule has 0 spiro atoms. The number of piperidine rings is 1. The Morgan fingerprint density at radius 3 is 2.65 bits per heavy atom. The molecule has 0 unspecified atom stereocenters. The largest absolute Gasteiger partial charge is 0.478 e. The monoisotopic (exact) mass is 279 g/mol. The quantitative estimate of drug-likeness (QED) is 0.846. The Labute approximate surface area is 119 Å². The van der Waals surface area contributed by atoms with Crippen molar-refractivity contribution >= 4 is 5.91 Å². The molecule has 1 aromatic rings. The van der Waals surface area contributed by atoms with Crippen LogP contribution in [0, 0.1) is 11.7 Å². The SMILES string of the molecule is CC[C@H](Oc1ccccc1F)C(=O)N1CCC(C)CC1. The first kappa shape index (κ1) is 14.8. The summed E-state index contributed by atoms with van der Waals surface area (Å²) >= 11 is 0. The summed E-state index contributed by atoms with van der Waals surface area (Å²) in [4.78, 5) is 14.3. The first-order valence-corrected chi connectivity index (χ1v) is 7.31. The highest BCUT2D eigenvalue weighted by atomic mass is 19.1. The van der Waals surface area contributed by atoms with E-state index in [2.05, 4.69) is 6.92 Å². The number of carbonyl (C=O) groups is 1. The van der Waals surface area contributed by atoms with Gasteiger partial charge in [0.25, 0.3) is 5.91 Å². The topological polar surface area (TPSA) is 29.5 Å². The van der Waals surface area contributed by atoms with Crippen molar-refractivity contribution in [1.82, 2.24) is 4.90 Å². The van der Waals surface area contributed by atoms with E-state index < -0.39 is 11.9 Å². The van der Waals surface area contributed by atoms with Gasteiger partial charge in [-0.3, -0.25) is 4.79 Å². The zero-order chi connectivity index (χ0) is 14.5. The molecule has 1 aliphatic heterocycles. The standard InChI is InChI=1S/C16H22FNO2/c1-3-14(20-15-7-5-4-6-13(15)17)16(19)18-10-8-12(2)9-11-18/h4-7,12,14H,3,8-11H2,1-2H3/t14-/m0/s1. The number of rotatable bonds is 4. The van der Waals surface area contributed by atoms with Gasteiger partial charge in [-0.1, -0.05) is 26.0 Å². The minimum Gasteiger partial charge on any atom is -0.478 e. The predicted octanol–water partition coefficient (Wildman–Crippen LogP) is 3.24. The highest BCUT2D eigenvalue weighted by molar-refractivity contribution is 5.81. The molecule has 0 radical (unpaired) electrons. The predicted molar refractivity (Wildman–Crippen MR) is 76.1 cm³/mol. The van der Waals surface area contributed by atoms with Crippen molar-refractivity contribution in [2.24, 2.45) is 5.92 Å². The normalized spacial score (nSPS) is 17.9. The maximum atomic E-state index is 13.6. The van der Waals surface area contributed by atoms with Crippen LogP contribution < -0.4 is 4.74 Å². The molecule has 1 aromatic carbocycles. The molecule has 2 rings (SSSR count). The fourth-order valence-corrected chi connectivity index (χ4v) is 2.43. The molecule has 0 saturated carbocycles. The molecule has 0 aliphatic carbocycles. The molecule has 1 amide bonds. The second-order valence-corrected chi connectivity index (χ2v) is 5.45. The van der Waals surface area contributed by atoms with Crippen molar-refractivity contribution in [1.29, 1.82) is 0 Å². The number of likely N-dealkylation sites (tertiary alicyclic amines) is 1. The first-order chi connectivity index (χ1) is 9.61. The Morgan fingerprint density at radius 2 is 2.05 bits per heavy atom. The summed E-state index contributed by atoms with van der Waals surface area (Å²) in [5.41, 5.74) is 0. The van der Waals surface area contributed by atoms with Crippen LogP contribution in [0.4, 0.5) is 4.39 Å². The van der Waals surface area contributed by atoms with Gasteiger partial charge in [0.05, 0.1) is 0 Å². The average Bonchev–Trinajstić information content (AvgIpc) is 2.46. The van der Waals surface area contributed by atoms with E-state index in [0.29, 0.717) is 12.3 Å². The van der Waals surface area contributed by atoms with Crippen molar-refractivity contribution < 1.29 is 13.9 Å². The molecule has 0 aromatic heterocycles. The summed E-state index contributed by atoms with van der Waals surface area (Å²) in [6.45, 7) is 5.64. The second-order valence-electron chi connectivity index (χ2n) is 5.45. The number of benzene rings is 1. The van der Waals surface area contributed by atoms with E-state index >= 15 is 0 Å². The van der Waals surface area contributed by atoms with E-state index in [1.807, 2.05) is 11.8 Å². The van der Waals surface area contributed by atoms with Crippen molar-refractivity contribution in [2.75, 3.05) is 13.1 Å². The van der Waals surface area contributed by atoms with Crippen LogP contribution in [0.1, 0.15) is 33.1 Å². The van der Waals surface area contributed by atoms with Gasteiger partial charge in [0.2, 0.25) is 0 Å². The molecule has 0 bridgehead atoms. The Hall–Kier alpha value is -1.58. The Balaban J connectivity index is 2.01. The maximum Gasteiger partial charge on any atom is 0.263 e. The molecule has 3 nitrogen and oxygen atoms in total. The van der Waals surface area contributed by atoms with E-state index in [1.165, 1.54) is 6.07 Å². The number of nitrogens with zero attached hydrogens (tertiary/aromatic N) is 1. The van der Waals surface area contributed by atoms with Crippen LogP contribution in [0.25, 0.3) is 0 Å². The molecule has 0 N–H and O–H groups in total.